The monoisotopic (exact) mass is 315 g/mol. The lowest BCUT2D eigenvalue weighted by molar-refractivity contribution is -0.153. The Balaban J connectivity index is 2.66. The molecule has 0 aliphatic rings. The van der Waals surface area contributed by atoms with Gasteiger partial charge in [-0.25, -0.2) is 0 Å². The molecule has 0 heterocycles. The van der Waals surface area contributed by atoms with Crippen molar-refractivity contribution >= 4 is 11.6 Å². The van der Waals surface area contributed by atoms with Gasteiger partial charge in [0.25, 0.3) is 5.91 Å². The molecule has 22 heavy (non-hydrogen) atoms. The Hall–Kier alpha value is -1.55. The smallest absolute Gasteiger partial charge is 0.256 e. The highest BCUT2D eigenvalue weighted by atomic mass is 16.4. The number of amides is 1. The molecule has 0 unspecified atom stereocenters. The molecule has 0 radical (unpaired) electrons. The van der Waals surface area contributed by atoms with Crippen molar-refractivity contribution in [1.82, 2.24) is 0 Å². The molecule has 0 spiro atoms. The molecule has 0 bridgehead atoms. The molecule has 1 aromatic carbocycles. The summed E-state index contributed by atoms with van der Waals surface area (Å²) in [6.07, 6.45) is -9.71. The van der Waals surface area contributed by atoms with Gasteiger partial charge in [-0.3, -0.25) is 4.79 Å². The van der Waals surface area contributed by atoms with Crippen LogP contribution in [0.25, 0.3) is 0 Å². The van der Waals surface area contributed by atoms with Crippen molar-refractivity contribution in [2.24, 2.45) is 0 Å². The van der Waals surface area contributed by atoms with Gasteiger partial charge >= 0.3 is 0 Å². The van der Waals surface area contributed by atoms with Gasteiger partial charge in [0.05, 0.1) is 6.61 Å². The van der Waals surface area contributed by atoms with Crippen molar-refractivity contribution in [3.8, 4) is 0 Å². The predicted molar refractivity (Wildman–Crippen MR) is 76.9 cm³/mol. The number of aliphatic hydroxyl groups is 6. The minimum Gasteiger partial charge on any atom is -0.394 e. The van der Waals surface area contributed by atoms with E-state index < -0.39 is 43.0 Å². The second-order valence-corrected chi connectivity index (χ2v) is 5.02. The van der Waals surface area contributed by atoms with Gasteiger partial charge in [-0.15, -0.1) is 0 Å². The summed E-state index contributed by atoms with van der Waals surface area (Å²) in [7, 11) is 0. The molecule has 8 heteroatoms. The van der Waals surface area contributed by atoms with Crippen molar-refractivity contribution in [2.45, 2.75) is 37.4 Å². The van der Waals surface area contributed by atoms with E-state index in [-0.39, 0.29) is 0 Å². The van der Waals surface area contributed by atoms with Crippen molar-refractivity contribution in [3.05, 3.63) is 29.8 Å². The zero-order chi connectivity index (χ0) is 16.9. The number of nitrogens with one attached hydrogen (secondary N) is 1. The van der Waals surface area contributed by atoms with Crippen LogP contribution in [0, 0.1) is 6.92 Å². The molecule has 0 saturated carbocycles. The number of rotatable bonds is 7. The lowest BCUT2D eigenvalue weighted by Gasteiger charge is -2.27. The van der Waals surface area contributed by atoms with Crippen molar-refractivity contribution in [3.63, 3.8) is 0 Å². The third-order valence-corrected chi connectivity index (χ3v) is 3.19. The van der Waals surface area contributed by atoms with E-state index in [0.717, 1.165) is 5.56 Å². The molecular formula is C14H21NO7. The highest BCUT2D eigenvalue weighted by molar-refractivity contribution is 5.94. The Bertz CT molecular complexity index is 479. The summed E-state index contributed by atoms with van der Waals surface area (Å²) >= 11 is 0. The van der Waals surface area contributed by atoms with Crippen LogP contribution in [-0.4, -0.2) is 73.7 Å². The number of aliphatic hydroxyl groups excluding tert-OH is 6. The first-order chi connectivity index (χ1) is 10.3. The quantitative estimate of drug-likeness (QED) is 0.300. The molecule has 0 aliphatic heterocycles. The maximum Gasteiger partial charge on any atom is 0.256 e. The van der Waals surface area contributed by atoms with Crippen LogP contribution in [0.4, 0.5) is 5.69 Å². The summed E-state index contributed by atoms with van der Waals surface area (Å²) < 4.78 is 0. The third-order valence-electron chi connectivity index (χ3n) is 3.19. The van der Waals surface area contributed by atoms with E-state index in [1.54, 1.807) is 24.3 Å². The maximum atomic E-state index is 11.8. The zero-order valence-electron chi connectivity index (χ0n) is 12.0. The second-order valence-electron chi connectivity index (χ2n) is 5.02. The molecule has 1 rings (SSSR count). The fourth-order valence-corrected chi connectivity index (χ4v) is 1.73. The van der Waals surface area contributed by atoms with Gasteiger partial charge in [-0.2, -0.15) is 0 Å². The van der Waals surface area contributed by atoms with Crippen LogP contribution in [0.2, 0.25) is 0 Å². The topological polar surface area (TPSA) is 150 Å². The number of hydrogen-bond acceptors (Lipinski definition) is 7. The summed E-state index contributed by atoms with van der Waals surface area (Å²) in [4.78, 5) is 11.8. The van der Waals surface area contributed by atoms with E-state index in [1.165, 1.54) is 0 Å². The van der Waals surface area contributed by atoms with Gasteiger partial charge < -0.3 is 36.0 Å². The van der Waals surface area contributed by atoms with Crippen LogP contribution in [0.3, 0.4) is 0 Å². The van der Waals surface area contributed by atoms with E-state index in [1.807, 2.05) is 6.92 Å². The SMILES string of the molecule is Cc1ccc(NC(=O)[C@H](O)[C@H](O)[C@H](O)[C@H](O)[C@H](O)CO)cc1. The molecule has 0 aliphatic carbocycles. The van der Waals surface area contributed by atoms with Gasteiger partial charge in [0.15, 0.2) is 6.10 Å². The van der Waals surface area contributed by atoms with Crippen LogP contribution in [0.15, 0.2) is 24.3 Å². The second kappa shape index (κ2) is 8.18. The molecule has 0 fully saturated rings. The summed E-state index contributed by atoms with van der Waals surface area (Å²) in [5.74, 6) is -0.985. The molecule has 5 atom stereocenters. The molecule has 7 N–H and O–H groups in total. The van der Waals surface area contributed by atoms with Gasteiger partial charge in [0.2, 0.25) is 0 Å². The zero-order valence-corrected chi connectivity index (χ0v) is 12.0. The van der Waals surface area contributed by atoms with Gasteiger partial charge in [-0.05, 0) is 19.1 Å². The number of hydrogen-bond donors (Lipinski definition) is 7. The molecule has 0 aromatic heterocycles. The molecule has 0 saturated heterocycles. The summed E-state index contributed by atoms with van der Waals surface area (Å²) in [6.45, 7) is 1.00. The third kappa shape index (κ3) is 4.73. The number of benzene rings is 1. The molecule has 124 valence electrons. The number of carbonyl (C=O) groups excluding carboxylic acids is 1. The average molecular weight is 315 g/mol. The molecule has 8 nitrogen and oxygen atoms in total. The van der Waals surface area contributed by atoms with Gasteiger partial charge in [0, 0.05) is 5.69 Å². The minimum atomic E-state index is -2.04. The Kier molecular flexibility index (Phi) is 6.88. The van der Waals surface area contributed by atoms with Gasteiger partial charge in [-0.1, -0.05) is 17.7 Å². The molecular weight excluding hydrogens is 294 g/mol. The van der Waals surface area contributed by atoms with Crippen LogP contribution in [-0.2, 0) is 4.79 Å². The van der Waals surface area contributed by atoms with Crippen molar-refractivity contribution < 1.29 is 35.4 Å². The maximum absolute atomic E-state index is 11.8. The number of aryl methyl sites for hydroxylation is 1. The Morgan fingerprint density at radius 3 is 2.05 bits per heavy atom. The summed E-state index contributed by atoms with van der Waals surface area (Å²) in [5.41, 5.74) is 1.35. The first-order valence-electron chi connectivity index (χ1n) is 6.66. The highest BCUT2D eigenvalue weighted by Gasteiger charge is 2.37. The highest BCUT2D eigenvalue weighted by Crippen LogP contribution is 2.12. The first-order valence-corrected chi connectivity index (χ1v) is 6.66. The average Bonchev–Trinajstić information content (AvgIpc) is 2.53. The molecule has 1 aromatic rings. The van der Waals surface area contributed by atoms with Crippen LogP contribution < -0.4 is 5.32 Å². The number of anilines is 1. The normalized spacial score (nSPS) is 18.1. The van der Waals surface area contributed by atoms with Crippen LogP contribution >= 0.6 is 0 Å². The fraction of sp³-hybridized carbons (Fsp3) is 0.500. The van der Waals surface area contributed by atoms with Crippen molar-refractivity contribution in [2.75, 3.05) is 11.9 Å². The van der Waals surface area contributed by atoms with Crippen LogP contribution in [0.1, 0.15) is 5.56 Å². The van der Waals surface area contributed by atoms with E-state index >= 15 is 0 Å². The van der Waals surface area contributed by atoms with E-state index in [4.69, 9.17) is 5.11 Å². The van der Waals surface area contributed by atoms with Crippen molar-refractivity contribution in [1.29, 1.82) is 0 Å². The predicted octanol–water partition coefficient (Wildman–Crippen LogP) is -2.27. The minimum absolute atomic E-state index is 0.382. The van der Waals surface area contributed by atoms with E-state index in [2.05, 4.69) is 5.32 Å². The molecule has 1 amide bonds. The summed E-state index contributed by atoms with van der Waals surface area (Å²) in [6, 6.07) is 6.64. The largest absolute Gasteiger partial charge is 0.394 e. The van der Waals surface area contributed by atoms with E-state index in [9.17, 15) is 30.3 Å². The Labute approximate surface area is 127 Å². The summed E-state index contributed by atoms with van der Waals surface area (Å²) in [5, 5.41) is 58.6. The number of carbonyl (C=O) groups is 1. The van der Waals surface area contributed by atoms with Gasteiger partial charge in [0.1, 0.15) is 24.4 Å². The van der Waals surface area contributed by atoms with Crippen LogP contribution in [0.5, 0.6) is 0 Å². The Morgan fingerprint density at radius 1 is 1.00 bits per heavy atom. The first kappa shape index (κ1) is 18.5. The lowest BCUT2D eigenvalue weighted by Crippen LogP contribution is -2.52. The fourth-order valence-electron chi connectivity index (χ4n) is 1.73. The Morgan fingerprint density at radius 2 is 1.55 bits per heavy atom. The standard InChI is InChI=1S/C14H21NO7/c1-7-2-4-8(5-3-7)15-14(22)13(21)12(20)11(19)10(18)9(17)6-16/h2-5,9-13,16-21H,6H2,1H3,(H,15,22)/t9-,10-,11-,12-,13-/m1/s1. The van der Waals surface area contributed by atoms with E-state index in [0.29, 0.717) is 5.69 Å². The lowest BCUT2D eigenvalue weighted by atomic mass is 9.99.